The highest BCUT2D eigenvalue weighted by molar-refractivity contribution is 5.87. The number of anilines is 1. The van der Waals surface area contributed by atoms with Crippen molar-refractivity contribution < 1.29 is 82.8 Å². The van der Waals surface area contributed by atoms with E-state index in [0.29, 0.717) is 74.1 Å². The van der Waals surface area contributed by atoms with Gasteiger partial charge in [0.15, 0.2) is 0 Å². The highest BCUT2D eigenvalue weighted by atomic mass is 19.4. The maximum absolute atomic E-state index is 16.0. The van der Waals surface area contributed by atoms with Gasteiger partial charge in [0.25, 0.3) is 5.91 Å². The largest absolute Gasteiger partial charge is 0.465 e. The normalized spacial score (nSPS) is 18.5. The van der Waals surface area contributed by atoms with Crippen molar-refractivity contribution in [2.45, 2.75) is 122 Å². The summed E-state index contributed by atoms with van der Waals surface area (Å²) < 4.78 is 156. The maximum atomic E-state index is 16.0. The van der Waals surface area contributed by atoms with Gasteiger partial charge in [0.05, 0.1) is 55.0 Å². The molecule has 5 heterocycles. The number of hydrazine groups is 1. The molecule has 3 fully saturated rings. The first-order valence-corrected chi connectivity index (χ1v) is 25.4. The molecule has 2 bridgehead atoms. The molecule has 81 heavy (non-hydrogen) atoms. The number of fused-ring (bicyclic) bond motifs is 2. The molecule has 4 aromatic rings. The maximum Gasteiger partial charge on any atom is 0.407 e. The molecule has 440 valence electrons. The highest BCUT2D eigenvalue weighted by Gasteiger charge is 2.57. The Labute approximate surface area is 458 Å². The van der Waals surface area contributed by atoms with Crippen LogP contribution in [0, 0.1) is 41.2 Å². The minimum atomic E-state index is -5.29. The van der Waals surface area contributed by atoms with Crippen LogP contribution in [0.2, 0.25) is 0 Å². The number of carbonyl (C=O) groups excluding carboxylic acids is 3. The fourth-order valence-electron chi connectivity index (χ4n) is 9.93. The van der Waals surface area contributed by atoms with Gasteiger partial charge in [-0.15, -0.1) is 0 Å². The molecular weight excluding hydrogens is 1090 g/mol. The summed E-state index contributed by atoms with van der Waals surface area (Å²) in [7, 11) is 0.812. The monoisotopic (exact) mass is 1150 g/mol. The van der Waals surface area contributed by atoms with Gasteiger partial charge in [-0.3, -0.25) is 19.9 Å². The van der Waals surface area contributed by atoms with E-state index in [1.807, 2.05) is 23.7 Å². The molecule has 18 nitrogen and oxygen atoms in total. The number of aromatic nitrogens is 3. The number of methoxy groups -OCH3 is 1. The van der Waals surface area contributed by atoms with Crippen LogP contribution in [0.4, 0.5) is 59.3 Å². The van der Waals surface area contributed by atoms with Gasteiger partial charge in [0.1, 0.15) is 29.5 Å². The summed E-state index contributed by atoms with van der Waals surface area (Å²) in [5, 5.41) is 31.1. The molecule has 3 aliphatic rings. The topological polar surface area (TPSA) is 216 Å². The van der Waals surface area contributed by atoms with Crippen LogP contribution < -0.4 is 26.3 Å². The standard InChI is InChI=1S/C53H60F10N10O8/c1-28-17-31(21-64-44(28)70-22-33-13-14-34(23-70)73(33)35-26-81-27-35)12-9-29-7-10-30(11-8-29)18-40(65-45(75)42(67-49(79)80-6)50(2,3)52(58,59)60)41(74)25-71(69-46(76)43(66-48(77)78)51(4,5)53(61,62)63)24-36-37(54)19-32(20-38(36)55)39-15-16-72(68-39)47(56)57/h7-8,10-11,15-17,19-21,33-35,40-43,47,66,74H,13-14,18,22-27H2,1-6H3,(H,65,75)(H,67,79)(H,69,76)(H,77,78)/t33?,34?,40-,41-,42+,43+/m0/s1. The number of benzene rings is 2. The van der Waals surface area contributed by atoms with E-state index in [9.17, 15) is 64.5 Å². The molecule has 6 atom stereocenters. The quantitative estimate of drug-likeness (QED) is 0.0323. The van der Waals surface area contributed by atoms with E-state index < -0.39 is 115 Å². The van der Waals surface area contributed by atoms with E-state index in [-0.39, 0.29) is 21.5 Å². The number of aryl methyl sites for hydroxylation is 1. The fraction of sp³-hybridized carbons (Fsp3) is 0.509. The number of nitrogens with one attached hydrogen (secondary N) is 4. The van der Waals surface area contributed by atoms with Gasteiger partial charge >= 0.3 is 31.1 Å². The van der Waals surface area contributed by atoms with E-state index in [4.69, 9.17) is 9.72 Å². The van der Waals surface area contributed by atoms with Gasteiger partial charge in [-0.25, -0.2) is 33.0 Å². The number of ether oxygens (including phenoxy) is 2. The molecule has 4 amide bonds. The van der Waals surface area contributed by atoms with Gasteiger partial charge in [-0.05, 0) is 101 Å². The molecule has 0 radical (unpaired) electrons. The van der Waals surface area contributed by atoms with Crippen molar-refractivity contribution in [2.24, 2.45) is 10.8 Å². The second-order valence-corrected chi connectivity index (χ2v) is 21.3. The number of hydrogen-bond donors (Lipinski definition) is 6. The van der Waals surface area contributed by atoms with E-state index in [2.05, 4.69) is 36.8 Å². The second-order valence-electron chi connectivity index (χ2n) is 21.3. The summed E-state index contributed by atoms with van der Waals surface area (Å²) in [5.74, 6) is 0.723. The Morgan fingerprint density at radius 3 is 1.91 bits per heavy atom. The number of carboxylic acid groups (broad SMARTS) is 1. The van der Waals surface area contributed by atoms with Crippen molar-refractivity contribution in [1.82, 2.24) is 46.0 Å². The van der Waals surface area contributed by atoms with Crippen molar-refractivity contribution >= 4 is 29.8 Å². The van der Waals surface area contributed by atoms with Crippen molar-refractivity contribution in [3.05, 3.63) is 100 Å². The third kappa shape index (κ3) is 14.1. The van der Waals surface area contributed by atoms with E-state index in [1.165, 1.54) is 29.6 Å². The Bertz CT molecular complexity index is 2960. The lowest BCUT2D eigenvalue weighted by molar-refractivity contribution is -0.221. The van der Waals surface area contributed by atoms with Crippen LogP contribution in [0.3, 0.4) is 0 Å². The Kier molecular flexibility index (Phi) is 18.6. The predicted octanol–water partition coefficient (Wildman–Crippen LogP) is 6.84. The molecule has 3 saturated heterocycles. The van der Waals surface area contributed by atoms with Gasteiger partial charge in [-0.2, -0.15) is 40.2 Å². The summed E-state index contributed by atoms with van der Waals surface area (Å²) in [6, 6.07) is 4.54. The van der Waals surface area contributed by atoms with Crippen LogP contribution >= 0.6 is 0 Å². The van der Waals surface area contributed by atoms with Gasteiger partial charge in [-0.1, -0.05) is 24.0 Å². The number of aliphatic hydroxyl groups is 1. The number of aliphatic hydroxyl groups excluding tert-OH is 1. The molecule has 0 saturated carbocycles. The van der Waals surface area contributed by atoms with Crippen LogP contribution in [0.15, 0.2) is 60.9 Å². The average molecular weight is 1160 g/mol. The number of piperazine rings is 1. The summed E-state index contributed by atoms with van der Waals surface area (Å²) >= 11 is 0. The number of hydrogen-bond acceptors (Lipinski definition) is 12. The highest BCUT2D eigenvalue weighted by Crippen LogP contribution is 2.42. The van der Waals surface area contributed by atoms with Crippen LogP contribution in [-0.4, -0.2) is 154 Å². The zero-order valence-corrected chi connectivity index (χ0v) is 44.6. The molecule has 2 aromatic carbocycles. The van der Waals surface area contributed by atoms with Gasteiger partial charge in [0.2, 0.25) is 5.91 Å². The Morgan fingerprint density at radius 1 is 0.827 bits per heavy atom. The lowest BCUT2D eigenvalue weighted by atomic mass is 9.82. The number of carbonyl (C=O) groups is 4. The molecule has 7 rings (SSSR count). The summed E-state index contributed by atoms with van der Waals surface area (Å²) in [6.07, 6.45) is -12.0. The van der Waals surface area contributed by atoms with Crippen molar-refractivity contribution in [2.75, 3.05) is 44.9 Å². The molecule has 0 spiro atoms. The van der Waals surface area contributed by atoms with Gasteiger partial charge in [0, 0.05) is 72.9 Å². The third-order valence-corrected chi connectivity index (χ3v) is 14.9. The van der Waals surface area contributed by atoms with Crippen molar-refractivity contribution in [3.63, 3.8) is 0 Å². The number of alkyl halides is 8. The summed E-state index contributed by atoms with van der Waals surface area (Å²) in [6.45, 7) is 1.74. The minimum Gasteiger partial charge on any atom is -0.465 e. The first kappa shape index (κ1) is 61.4. The number of nitrogens with zero attached hydrogens (tertiary/aromatic N) is 6. The molecule has 2 unspecified atom stereocenters. The first-order chi connectivity index (χ1) is 37.9. The fourth-order valence-corrected chi connectivity index (χ4v) is 9.93. The molecule has 6 N–H and O–H groups in total. The second kappa shape index (κ2) is 24.5. The molecular formula is C53H60F10N10O8. The molecule has 3 aliphatic heterocycles. The molecule has 28 heteroatoms. The van der Waals surface area contributed by atoms with E-state index in [1.54, 1.807) is 6.20 Å². The van der Waals surface area contributed by atoms with Crippen LogP contribution in [0.25, 0.3) is 11.3 Å². The number of rotatable bonds is 19. The third-order valence-electron chi connectivity index (χ3n) is 14.9. The van der Waals surface area contributed by atoms with Crippen LogP contribution in [-0.2, 0) is 32.0 Å². The number of amides is 4. The summed E-state index contributed by atoms with van der Waals surface area (Å²) in [5.41, 5.74) is -3.74. The number of halogens is 10. The van der Waals surface area contributed by atoms with Gasteiger partial charge < -0.3 is 40.5 Å². The number of alkyl carbamates (subject to hydrolysis) is 1. The predicted molar refractivity (Wildman–Crippen MR) is 270 cm³/mol. The first-order valence-electron chi connectivity index (χ1n) is 25.4. The minimum absolute atomic E-state index is 0.188. The SMILES string of the molecule is COC(=O)N[C@H](C(=O)N[C@@H](Cc1ccc(C#Cc2cnc(N3CC4CCC(C3)N4C3COC3)c(C)c2)cc1)[C@@H](O)CN(Cc1c(F)cc(-c2ccn(C(F)F)n2)cc1F)NC(=O)[C@@H](NC(=O)O)C(C)(C)C(F)(F)F)C(C)(C)C(F)(F)F. The summed E-state index contributed by atoms with van der Waals surface area (Å²) in [4.78, 5) is 61.8. The smallest absolute Gasteiger partial charge is 0.407 e. The van der Waals surface area contributed by atoms with Crippen molar-refractivity contribution in [3.8, 4) is 23.1 Å². The van der Waals surface area contributed by atoms with E-state index >= 15 is 8.78 Å². The van der Waals surface area contributed by atoms with E-state index in [0.717, 1.165) is 69.9 Å². The number of pyridine rings is 1. The Balaban J connectivity index is 1.19. The lowest BCUT2D eigenvalue weighted by Gasteiger charge is -2.48. The lowest BCUT2D eigenvalue weighted by Crippen LogP contribution is -2.63. The molecule has 2 aromatic heterocycles. The Hall–Kier alpha value is -7.22. The zero-order chi connectivity index (χ0) is 59.5. The van der Waals surface area contributed by atoms with Crippen LogP contribution in [0.5, 0.6) is 0 Å². The Morgan fingerprint density at radius 2 is 1.41 bits per heavy atom. The zero-order valence-electron chi connectivity index (χ0n) is 44.6. The molecule has 0 aliphatic carbocycles. The van der Waals surface area contributed by atoms with Crippen LogP contribution in [0.1, 0.15) is 74.9 Å². The average Bonchev–Trinajstić information content (AvgIpc) is 4.16. The van der Waals surface area contributed by atoms with Crippen molar-refractivity contribution in [1.29, 1.82) is 0 Å².